The first-order chi connectivity index (χ1) is 4.25. The second-order valence-corrected chi connectivity index (χ2v) is 2.16. The predicted octanol–water partition coefficient (Wildman–Crippen LogP) is 1.11. The molecule has 3 heteroatoms. The Morgan fingerprint density at radius 1 is 1.67 bits per heavy atom. The van der Waals surface area contributed by atoms with Crippen molar-refractivity contribution in [3.05, 3.63) is 11.3 Å². The van der Waals surface area contributed by atoms with Gasteiger partial charge in [-0.3, -0.25) is 0 Å². The maximum Gasteiger partial charge on any atom is 0.0937 e. The monoisotopic (exact) mass is 126 g/mol. The zero-order chi connectivity index (χ0) is 6.85. The Labute approximate surface area is 54.1 Å². The first-order valence-corrected chi connectivity index (χ1v) is 2.97. The molecule has 50 valence electrons. The summed E-state index contributed by atoms with van der Waals surface area (Å²) in [6, 6.07) is 0.0926. The number of rotatable bonds is 1. The van der Waals surface area contributed by atoms with Crippen molar-refractivity contribution in [2.45, 2.75) is 19.9 Å². The molecule has 1 aliphatic heterocycles. The highest BCUT2D eigenvalue weighted by molar-refractivity contribution is 5.20. The average Bonchev–Trinajstić information content (AvgIpc) is 2.12. The van der Waals surface area contributed by atoms with E-state index in [1.165, 1.54) is 0 Å². The molecule has 0 aromatic rings. The summed E-state index contributed by atoms with van der Waals surface area (Å²) in [4.78, 5) is 0. The molecular formula is C6H10N2O. The number of azo groups is 1. The summed E-state index contributed by atoms with van der Waals surface area (Å²) < 4.78 is 0. The lowest BCUT2D eigenvalue weighted by atomic mass is 10.1. The van der Waals surface area contributed by atoms with Gasteiger partial charge in [-0.2, -0.15) is 10.2 Å². The molecule has 1 rings (SSSR count). The van der Waals surface area contributed by atoms with Crippen LogP contribution in [-0.4, -0.2) is 17.8 Å². The van der Waals surface area contributed by atoms with Crippen LogP contribution in [0.25, 0.3) is 0 Å². The van der Waals surface area contributed by atoms with Gasteiger partial charge >= 0.3 is 0 Å². The summed E-state index contributed by atoms with van der Waals surface area (Å²) >= 11 is 0. The summed E-state index contributed by atoms with van der Waals surface area (Å²) in [7, 11) is 0. The highest BCUT2D eigenvalue weighted by Crippen LogP contribution is 2.19. The van der Waals surface area contributed by atoms with Crippen LogP contribution in [0.3, 0.4) is 0 Å². The lowest BCUT2D eigenvalue weighted by molar-refractivity contribution is 0.324. The molecule has 0 spiro atoms. The molecule has 1 N–H and O–H groups in total. The third-order valence-electron chi connectivity index (χ3n) is 1.52. The fraction of sp³-hybridized carbons (Fsp3) is 0.667. The second-order valence-electron chi connectivity index (χ2n) is 2.16. The Morgan fingerprint density at radius 2 is 2.33 bits per heavy atom. The summed E-state index contributed by atoms with van der Waals surface area (Å²) in [6.07, 6.45) is 0. The third-order valence-corrected chi connectivity index (χ3v) is 1.52. The van der Waals surface area contributed by atoms with Crippen molar-refractivity contribution in [2.75, 3.05) is 6.61 Å². The Balaban J connectivity index is 2.79. The highest BCUT2D eigenvalue weighted by atomic mass is 16.3. The molecule has 0 fully saturated rings. The van der Waals surface area contributed by atoms with E-state index in [2.05, 4.69) is 10.2 Å². The summed E-state index contributed by atoms with van der Waals surface area (Å²) in [5, 5.41) is 16.4. The Kier molecular flexibility index (Phi) is 1.62. The topological polar surface area (TPSA) is 45.0 Å². The van der Waals surface area contributed by atoms with E-state index in [0.717, 1.165) is 11.3 Å². The maximum atomic E-state index is 8.73. The van der Waals surface area contributed by atoms with Crippen LogP contribution in [-0.2, 0) is 0 Å². The molecule has 1 atom stereocenters. The van der Waals surface area contributed by atoms with E-state index >= 15 is 0 Å². The first kappa shape index (κ1) is 6.42. The summed E-state index contributed by atoms with van der Waals surface area (Å²) in [5.74, 6) is 0. The molecule has 1 heterocycles. The zero-order valence-corrected chi connectivity index (χ0v) is 5.63. The number of hydrogen-bond donors (Lipinski definition) is 1. The minimum atomic E-state index is 0.0833. The van der Waals surface area contributed by atoms with Crippen LogP contribution in [0.4, 0.5) is 0 Å². The average molecular weight is 126 g/mol. The van der Waals surface area contributed by atoms with Crippen molar-refractivity contribution < 1.29 is 5.11 Å². The molecule has 0 saturated heterocycles. The molecule has 9 heavy (non-hydrogen) atoms. The van der Waals surface area contributed by atoms with Crippen LogP contribution in [0.5, 0.6) is 0 Å². The predicted molar refractivity (Wildman–Crippen MR) is 34.1 cm³/mol. The molecule has 0 saturated carbocycles. The normalized spacial score (nSPS) is 25.9. The molecule has 0 aromatic heterocycles. The Morgan fingerprint density at radius 3 is 2.56 bits per heavy atom. The van der Waals surface area contributed by atoms with E-state index in [0.29, 0.717) is 0 Å². The standard InChI is InChI=1S/C6H10N2O/c1-4-6(3-9)5(2)8-7-4/h4,9H,3H2,1-2H3. The van der Waals surface area contributed by atoms with Crippen molar-refractivity contribution in [1.29, 1.82) is 0 Å². The lowest BCUT2D eigenvalue weighted by Crippen LogP contribution is -2.03. The highest BCUT2D eigenvalue weighted by Gasteiger charge is 2.14. The van der Waals surface area contributed by atoms with Gasteiger partial charge in [-0.05, 0) is 13.8 Å². The Bertz CT molecular complexity index is 172. The van der Waals surface area contributed by atoms with Gasteiger partial charge in [0.1, 0.15) is 0 Å². The maximum absolute atomic E-state index is 8.73. The summed E-state index contributed by atoms with van der Waals surface area (Å²) in [5.41, 5.74) is 1.81. The van der Waals surface area contributed by atoms with E-state index < -0.39 is 0 Å². The number of aliphatic hydroxyl groups is 1. The van der Waals surface area contributed by atoms with Crippen LogP contribution in [0.15, 0.2) is 21.5 Å². The van der Waals surface area contributed by atoms with E-state index in [1.807, 2.05) is 13.8 Å². The lowest BCUT2D eigenvalue weighted by Gasteiger charge is -1.99. The third kappa shape index (κ3) is 1.00. The second kappa shape index (κ2) is 2.27. The van der Waals surface area contributed by atoms with Crippen molar-refractivity contribution >= 4 is 0 Å². The Hall–Kier alpha value is -0.700. The number of allylic oxidation sites excluding steroid dienone is 1. The molecule has 3 nitrogen and oxygen atoms in total. The molecule has 0 aromatic carbocycles. The fourth-order valence-electron chi connectivity index (χ4n) is 0.856. The van der Waals surface area contributed by atoms with Crippen molar-refractivity contribution in [1.82, 2.24) is 0 Å². The van der Waals surface area contributed by atoms with Gasteiger partial charge in [-0.15, -0.1) is 0 Å². The molecule has 0 bridgehead atoms. The van der Waals surface area contributed by atoms with Gasteiger partial charge in [0, 0.05) is 5.57 Å². The molecule has 0 radical (unpaired) electrons. The van der Waals surface area contributed by atoms with Gasteiger partial charge in [0.15, 0.2) is 0 Å². The SMILES string of the molecule is CC1=C(CO)C(C)N=N1. The summed E-state index contributed by atoms with van der Waals surface area (Å²) in [6.45, 7) is 3.87. The number of nitrogens with zero attached hydrogens (tertiary/aromatic N) is 2. The molecular weight excluding hydrogens is 116 g/mol. The van der Waals surface area contributed by atoms with Crippen molar-refractivity contribution in [2.24, 2.45) is 10.2 Å². The van der Waals surface area contributed by atoms with Crippen LogP contribution in [0, 0.1) is 0 Å². The minimum Gasteiger partial charge on any atom is -0.392 e. The zero-order valence-electron chi connectivity index (χ0n) is 5.63. The van der Waals surface area contributed by atoms with Crippen molar-refractivity contribution in [3.63, 3.8) is 0 Å². The quantitative estimate of drug-likeness (QED) is 0.562. The van der Waals surface area contributed by atoms with Crippen LogP contribution < -0.4 is 0 Å². The molecule has 0 amide bonds. The van der Waals surface area contributed by atoms with E-state index in [-0.39, 0.29) is 12.6 Å². The number of aliphatic hydroxyl groups excluding tert-OH is 1. The molecule has 0 aliphatic carbocycles. The van der Waals surface area contributed by atoms with E-state index in [9.17, 15) is 0 Å². The molecule has 1 unspecified atom stereocenters. The molecule has 1 aliphatic rings. The van der Waals surface area contributed by atoms with Gasteiger partial charge < -0.3 is 5.11 Å². The van der Waals surface area contributed by atoms with Gasteiger partial charge in [-0.25, -0.2) is 0 Å². The van der Waals surface area contributed by atoms with Crippen molar-refractivity contribution in [3.8, 4) is 0 Å². The smallest absolute Gasteiger partial charge is 0.0937 e. The van der Waals surface area contributed by atoms with Crippen LogP contribution in [0.1, 0.15) is 13.8 Å². The van der Waals surface area contributed by atoms with Gasteiger partial charge in [0.05, 0.1) is 18.3 Å². The van der Waals surface area contributed by atoms with Crippen LogP contribution >= 0.6 is 0 Å². The fourth-order valence-corrected chi connectivity index (χ4v) is 0.856. The minimum absolute atomic E-state index is 0.0833. The van der Waals surface area contributed by atoms with Gasteiger partial charge in [-0.1, -0.05) is 0 Å². The van der Waals surface area contributed by atoms with E-state index in [1.54, 1.807) is 0 Å². The van der Waals surface area contributed by atoms with E-state index in [4.69, 9.17) is 5.11 Å². The first-order valence-electron chi connectivity index (χ1n) is 2.97. The van der Waals surface area contributed by atoms with Gasteiger partial charge in [0.25, 0.3) is 0 Å². The van der Waals surface area contributed by atoms with Gasteiger partial charge in [0.2, 0.25) is 0 Å². The number of hydrogen-bond acceptors (Lipinski definition) is 3. The largest absolute Gasteiger partial charge is 0.392 e. The van der Waals surface area contributed by atoms with Crippen LogP contribution in [0.2, 0.25) is 0 Å².